The fourth-order valence-electron chi connectivity index (χ4n) is 7.35. The molecule has 4 fully saturated rings. The van der Waals surface area contributed by atoms with Crippen molar-refractivity contribution >= 4 is 5.78 Å². The molecule has 0 aromatic rings. The lowest BCUT2D eigenvalue weighted by Gasteiger charge is -2.59. The molecule has 4 saturated carbocycles. The van der Waals surface area contributed by atoms with Crippen LogP contribution in [0.3, 0.4) is 0 Å². The zero-order chi connectivity index (χ0) is 17.1. The second kappa shape index (κ2) is 5.67. The van der Waals surface area contributed by atoms with Gasteiger partial charge in [0.25, 0.3) is 0 Å². The third-order valence-electron chi connectivity index (χ3n) is 8.51. The van der Waals surface area contributed by atoms with Crippen molar-refractivity contribution in [3.8, 4) is 0 Å². The molecule has 3 heteroatoms. The van der Waals surface area contributed by atoms with Crippen LogP contribution in [0.2, 0.25) is 0 Å². The van der Waals surface area contributed by atoms with Crippen LogP contribution in [-0.4, -0.2) is 28.7 Å². The van der Waals surface area contributed by atoms with Gasteiger partial charge in [-0.05, 0) is 73.5 Å². The van der Waals surface area contributed by atoms with Crippen LogP contribution in [0.5, 0.6) is 0 Å². The van der Waals surface area contributed by atoms with E-state index in [1.165, 1.54) is 18.4 Å². The van der Waals surface area contributed by atoms with Crippen molar-refractivity contribution < 1.29 is 15.0 Å². The molecule has 2 N–H and O–H groups in total. The fraction of sp³-hybridized carbons (Fsp3) is 0.857. The molecule has 0 aliphatic heterocycles. The maximum Gasteiger partial charge on any atom is 0.137 e. The van der Waals surface area contributed by atoms with Crippen LogP contribution in [0.25, 0.3) is 0 Å². The third kappa shape index (κ3) is 2.20. The molecule has 3 nitrogen and oxygen atoms in total. The van der Waals surface area contributed by atoms with Crippen LogP contribution < -0.4 is 0 Å². The van der Waals surface area contributed by atoms with E-state index in [4.69, 9.17) is 0 Å². The smallest absolute Gasteiger partial charge is 0.137 e. The fourth-order valence-corrected chi connectivity index (χ4v) is 7.35. The SMILES string of the molecule is C[C@]12CC[C@@H](O)C[C@H]1CC[C@@H]1[C@@H]2C(=O)C[C@]2(C)C(=CCO)CC[C@@H]12. The summed E-state index contributed by atoms with van der Waals surface area (Å²) < 4.78 is 0. The van der Waals surface area contributed by atoms with E-state index in [0.29, 0.717) is 30.0 Å². The summed E-state index contributed by atoms with van der Waals surface area (Å²) in [5.74, 6) is 2.30. The van der Waals surface area contributed by atoms with Gasteiger partial charge >= 0.3 is 0 Å². The largest absolute Gasteiger partial charge is 0.393 e. The molecule has 0 heterocycles. The average Bonchev–Trinajstić information content (AvgIpc) is 2.84. The Morgan fingerprint density at radius 3 is 2.75 bits per heavy atom. The molecular weight excluding hydrogens is 300 g/mol. The molecule has 4 aliphatic rings. The Kier molecular flexibility index (Phi) is 3.96. The van der Waals surface area contributed by atoms with Crippen molar-refractivity contribution in [3.63, 3.8) is 0 Å². The number of hydrogen-bond donors (Lipinski definition) is 2. The monoisotopic (exact) mass is 332 g/mol. The van der Waals surface area contributed by atoms with Crippen LogP contribution in [0.1, 0.15) is 65.2 Å². The second-order valence-corrected chi connectivity index (χ2v) is 9.47. The van der Waals surface area contributed by atoms with Crippen molar-refractivity contribution in [2.45, 2.75) is 71.3 Å². The van der Waals surface area contributed by atoms with Crippen LogP contribution in [-0.2, 0) is 4.79 Å². The molecule has 0 radical (unpaired) electrons. The quantitative estimate of drug-likeness (QED) is 0.723. The van der Waals surface area contributed by atoms with Gasteiger partial charge in [-0.3, -0.25) is 4.79 Å². The van der Waals surface area contributed by atoms with E-state index >= 15 is 0 Å². The molecule has 0 unspecified atom stereocenters. The van der Waals surface area contributed by atoms with Gasteiger partial charge in [-0.25, -0.2) is 0 Å². The Labute approximate surface area is 145 Å². The molecule has 0 bridgehead atoms. The molecule has 4 aliphatic carbocycles. The summed E-state index contributed by atoms with van der Waals surface area (Å²) in [7, 11) is 0. The number of rotatable bonds is 1. The van der Waals surface area contributed by atoms with E-state index in [9.17, 15) is 15.0 Å². The molecule has 0 aromatic heterocycles. The lowest BCUT2D eigenvalue weighted by atomic mass is 9.44. The Morgan fingerprint density at radius 2 is 2.00 bits per heavy atom. The first-order valence-corrected chi connectivity index (χ1v) is 9.91. The van der Waals surface area contributed by atoms with Crippen LogP contribution in [0.15, 0.2) is 11.6 Å². The van der Waals surface area contributed by atoms with Gasteiger partial charge in [0.1, 0.15) is 5.78 Å². The number of allylic oxidation sites excluding steroid dienone is 1. The Bertz CT molecular complexity index is 567. The van der Waals surface area contributed by atoms with Crippen molar-refractivity contribution in [2.75, 3.05) is 6.61 Å². The maximum atomic E-state index is 13.3. The Balaban J connectivity index is 1.68. The van der Waals surface area contributed by atoms with Gasteiger partial charge in [0.2, 0.25) is 0 Å². The van der Waals surface area contributed by atoms with Gasteiger partial charge in [0, 0.05) is 12.3 Å². The first-order chi connectivity index (χ1) is 11.4. The van der Waals surface area contributed by atoms with Gasteiger partial charge in [0.15, 0.2) is 0 Å². The van der Waals surface area contributed by atoms with E-state index in [-0.39, 0.29) is 29.5 Å². The number of ketones is 1. The molecule has 0 spiro atoms. The van der Waals surface area contributed by atoms with Gasteiger partial charge < -0.3 is 10.2 Å². The first kappa shape index (κ1) is 16.8. The predicted molar refractivity (Wildman–Crippen MR) is 93.3 cm³/mol. The van der Waals surface area contributed by atoms with E-state index in [0.717, 1.165) is 32.1 Å². The molecule has 7 atom stereocenters. The highest BCUT2D eigenvalue weighted by molar-refractivity contribution is 5.85. The van der Waals surface area contributed by atoms with Crippen LogP contribution in [0.4, 0.5) is 0 Å². The minimum absolute atomic E-state index is 0.0155. The van der Waals surface area contributed by atoms with Crippen molar-refractivity contribution in [1.82, 2.24) is 0 Å². The van der Waals surface area contributed by atoms with Gasteiger partial charge in [-0.1, -0.05) is 25.5 Å². The minimum atomic E-state index is -0.158. The van der Waals surface area contributed by atoms with Gasteiger partial charge in [0.05, 0.1) is 12.7 Å². The number of aliphatic hydroxyl groups is 2. The van der Waals surface area contributed by atoms with E-state index < -0.39 is 0 Å². The van der Waals surface area contributed by atoms with Crippen molar-refractivity contribution in [2.24, 2.45) is 34.5 Å². The normalized spacial score (nSPS) is 52.8. The van der Waals surface area contributed by atoms with E-state index in [2.05, 4.69) is 13.8 Å². The summed E-state index contributed by atoms with van der Waals surface area (Å²) in [6.45, 7) is 4.72. The van der Waals surface area contributed by atoms with Crippen LogP contribution >= 0.6 is 0 Å². The lowest BCUT2D eigenvalue weighted by molar-refractivity contribution is -0.157. The molecule has 24 heavy (non-hydrogen) atoms. The van der Waals surface area contributed by atoms with Gasteiger partial charge in [-0.2, -0.15) is 0 Å². The number of carbonyl (C=O) groups excluding carboxylic acids is 1. The zero-order valence-electron chi connectivity index (χ0n) is 15.1. The predicted octanol–water partition coefficient (Wildman–Crippen LogP) is 3.49. The molecular formula is C21H32O3. The van der Waals surface area contributed by atoms with Crippen molar-refractivity contribution in [1.29, 1.82) is 0 Å². The maximum absolute atomic E-state index is 13.3. The van der Waals surface area contributed by atoms with E-state index in [1.807, 2.05) is 6.08 Å². The van der Waals surface area contributed by atoms with E-state index in [1.54, 1.807) is 0 Å². The lowest BCUT2D eigenvalue weighted by Crippen LogP contribution is -2.57. The average molecular weight is 332 g/mol. The second-order valence-electron chi connectivity index (χ2n) is 9.47. The number of aliphatic hydroxyl groups excluding tert-OH is 2. The standard InChI is InChI=1S/C21H32O3/c1-20-9-7-15(23)11-14(20)3-5-16-17-6-4-13(8-10-22)21(17,2)12-18(24)19(16)20/h8,14-17,19,22-23H,3-7,9-12H2,1-2H3/t14-,15-,16+,17+,19-,20+,21-/m1/s1. The minimum Gasteiger partial charge on any atom is -0.393 e. The topological polar surface area (TPSA) is 57.5 Å². The molecule has 4 rings (SSSR count). The van der Waals surface area contributed by atoms with Crippen LogP contribution in [0, 0.1) is 34.5 Å². The number of hydrogen-bond acceptors (Lipinski definition) is 3. The zero-order valence-corrected chi connectivity index (χ0v) is 15.1. The first-order valence-electron chi connectivity index (χ1n) is 9.91. The highest BCUT2D eigenvalue weighted by atomic mass is 16.3. The third-order valence-corrected chi connectivity index (χ3v) is 8.51. The highest BCUT2D eigenvalue weighted by Gasteiger charge is 2.62. The summed E-state index contributed by atoms with van der Waals surface area (Å²) in [5, 5.41) is 19.5. The molecule has 0 amide bonds. The van der Waals surface area contributed by atoms with Gasteiger partial charge in [-0.15, -0.1) is 0 Å². The summed E-state index contributed by atoms with van der Waals surface area (Å²) in [4.78, 5) is 13.3. The summed E-state index contributed by atoms with van der Waals surface area (Å²) >= 11 is 0. The Hall–Kier alpha value is -0.670. The molecule has 0 aromatic carbocycles. The molecule has 134 valence electrons. The highest BCUT2D eigenvalue weighted by Crippen LogP contribution is 2.66. The summed E-state index contributed by atoms with van der Waals surface area (Å²) in [6.07, 6.45) is 9.79. The Morgan fingerprint density at radius 1 is 1.21 bits per heavy atom. The molecule has 0 saturated heterocycles. The van der Waals surface area contributed by atoms with Crippen molar-refractivity contribution in [3.05, 3.63) is 11.6 Å². The summed E-state index contributed by atoms with van der Waals surface area (Å²) in [6, 6.07) is 0. The number of fused-ring (bicyclic) bond motifs is 5. The summed E-state index contributed by atoms with van der Waals surface area (Å²) in [5.41, 5.74) is 1.41. The number of carbonyl (C=O) groups is 1. The number of Topliss-reactive ketones (excluding diaryl/α,β-unsaturated/α-hetero) is 1.